The topological polar surface area (TPSA) is 50.2 Å². The second-order valence-corrected chi connectivity index (χ2v) is 5.32. The summed E-state index contributed by atoms with van der Waals surface area (Å²) in [4.78, 5) is 15.3. The number of aromatic nitrogens is 1. The zero-order chi connectivity index (χ0) is 12.4. The first kappa shape index (κ1) is 12.0. The molecule has 0 aliphatic heterocycles. The van der Waals surface area contributed by atoms with E-state index in [1.54, 1.807) is 18.3 Å². The van der Waals surface area contributed by atoms with Gasteiger partial charge in [-0.05, 0) is 30.5 Å². The van der Waals surface area contributed by atoms with Gasteiger partial charge in [0.2, 0.25) is 0 Å². The highest BCUT2D eigenvalue weighted by Gasteiger charge is 2.12. The van der Waals surface area contributed by atoms with E-state index in [-0.39, 0.29) is 5.92 Å². The van der Waals surface area contributed by atoms with Crippen molar-refractivity contribution >= 4 is 27.5 Å². The standard InChI is InChI=1S/C13H15NO2S/c1-3-12-14-10-5-4-9(7-11(10)17-12)6-8(2)13(15)16/h4-5,7-8H,3,6H2,1-2H3,(H,15,16). The zero-order valence-electron chi connectivity index (χ0n) is 9.93. The molecule has 0 spiro atoms. The van der Waals surface area contributed by atoms with Crippen molar-refractivity contribution in [2.24, 2.45) is 5.92 Å². The van der Waals surface area contributed by atoms with Gasteiger partial charge in [0.25, 0.3) is 0 Å². The van der Waals surface area contributed by atoms with Crippen LogP contribution >= 0.6 is 11.3 Å². The lowest BCUT2D eigenvalue weighted by atomic mass is 10.0. The summed E-state index contributed by atoms with van der Waals surface area (Å²) in [5, 5.41) is 10.0. The molecule has 1 aromatic heterocycles. The van der Waals surface area contributed by atoms with Crippen molar-refractivity contribution in [3.05, 3.63) is 28.8 Å². The average Bonchev–Trinajstić information content (AvgIpc) is 2.70. The van der Waals surface area contributed by atoms with E-state index in [0.717, 1.165) is 27.2 Å². The third kappa shape index (κ3) is 2.64. The molecule has 0 amide bonds. The highest BCUT2D eigenvalue weighted by molar-refractivity contribution is 7.18. The van der Waals surface area contributed by atoms with Crippen LogP contribution in [0.25, 0.3) is 10.2 Å². The smallest absolute Gasteiger partial charge is 0.306 e. The summed E-state index contributed by atoms with van der Waals surface area (Å²) in [6, 6.07) is 6.02. The molecule has 1 atom stereocenters. The van der Waals surface area contributed by atoms with Crippen LogP contribution in [0.5, 0.6) is 0 Å². The summed E-state index contributed by atoms with van der Waals surface area (Å²) in [6.45, 7) is 3.82. The summed E-state index contributed by atoms with van der Waals surface area (Å²) in [7, 11) is 0. The summed E-state index contributed by atoms with van der Waals surface area (Å²) < 4.78 is 1.15. The van der Waals surface area contributed by atoms with Gasteiger partial charge in [0.15, 0.2) is 0 Å². The molecule has 4 heteroatoms. The van der Waals surface area contributed by atoms with Crippen LogP contribution in [-0.4, -0.2) is 16.1 Å². The van der Waals surface area contributed by atoms with Crippen LogP contribution < -0.4 is 0 Å². The SMILES string of the molecule is CCc1nc2ccc(CC(C)C(=O)O)cc2s1. The Morgan fingerprint density at radius 3 is 2.94 bits per heavy atom. The maximum Gasteiger partial charge on any atom is 0.306 e. The van der Waals surface area contributed by atoms with Gasteiger partial charge in [-0.15, -0.1) is 11.3 Å². The minimum absolute atomic E-state index is 0.342. The maximum absolute atomic E-state index is 10.8. The predicted molar refractivity (Wildman–Crippen MR) is 69.5 cm³/mol. The van der Waals surface area contributed by atoms with E-state index in [9.17, 15) is 4.79 Å². The molecule has 17 heavy (non-hydrogen) atoms. The van der Waals surface area contributed by atoms with Gasteiger partial charge in [0.05, 0.1) is 21.1 Å². The molecule has 0 bridgehead atoms. The molecule has 0 saturated heterocycles. The van der Waals surface area contributed by atoms with Gasteiger partial charge in [-0.3, -0.25) is 4.79 Å². The minimum Gasteiger partial charge on any atom is -0.481 e. The number of rotatable bonds is 4. The van der Waals surface area contributed by atoms with Gasteiger partial charge in [0, 0.05) is 0 Å². The highest BCUT2D eigenvalue weighted by Crippen LogP contribution is 2.24. The molecule has 0 aliphatic carbocycles. The first-order valence-corrected chi connectivity index (χ1v) is 6.53. The van der Waals surface area contributed by atoms with E-state index >= 15 is 0 Å². The third-order valence-electron chi connectivity index (χ3n) is 2.76. The number of carbonyl (C=O) groups is 1. The van der Waals surface area contributed by atoms with Crippen LogP contribution in [0.2, 0.25) is 0 Å². The lowest BCUT2D eigenvalue weighted by Gasteiger charge is -2.05. The molecule has 1 unspecified atom stereocenters. The second kappa shape index (κ2) is 4.84. The second-order valence-electron chi connectivity index (χ2n) is 4.21. The first-order chi connectivity index (χ1) is 8.10. The van der Waals surface area contributed by atoms with Crippen LogP contribution in [0.15, 0.2) is 18.2 Å². The molecular weight excluding hydrogens is 234 g/mol. The summed E-state index contributed by atoms with van der Waals surface area (Å²) in [5.74, 6) is -1.09. The average molecular weight is 249 g/mol. The fourth-order valence-electron chi connectivity index (χ4n) is 1.74. The van der Waals surface area contributed by atoms with Crippen LogP contribution in [0.4, 0.5) is 0 Å². The number of hydrogen-bond donors (Lipinski definition) is 1. The number of benzene rings is 1. The van der Waals surface area contributed by atoms with Gasteiger partial charge in [-0.1, -0.05) is 19.9 Å². The number of aryl methyl sites for hydroxylation is 1. The van der Waals surface area contributed by atoms with Gasteiger partial charge >= 0.3 is 5.97 Å². The van der Waals surface area contributed by atoms with Crippen LogP contribution in [0.1, 0.15) is 24.4 Å². The molecule has 1 heterocycles. The molecule has 3 nitrogen and oxygen atoms in total. The van der Waals surface area contributed by atoms with Crippen molar-refractivity contribution in [3.63, 3.8) is 0 Å². The Kier molecular flexibility index (Phi) is 3.43. The Morgan fingerprint density at radius 2 is 2.29 bits per heavy atom. The maximum atomic E-state index is 10.8. The van der Waals surface area contributed by atoms with Gasteiger partial charge in [-0.25, -0.2) is 4.98 Å². The lowest BCUT2D eigenvalue weighted by molar-refractivity contribution is -0.141. The van der Waals surface area contributed by atoms with Crippen LogP contribution in [0.3, 0.4) is 0 Å². The fraction of sp³-hybridized carbons (Fsp3) is 0.385. The normalized spacial score (nSPS) is 12.8. The zero-order valence-corrected chi connectivity index (χ0v) is 10.8. The molecule has 0 radical (unpaired) electrons. The molecule has 2 rings (SSSR count). The number of carboxylic acid groups (broad SMARTS) is 1. The van der Waals surface area contributed by atoms with E-state index < -0.39 is 5.97 Å². The quantitative estimate of drug-likeness (QED) is 0.905. The summed E-state index contributed by atoms with van der Waals surface area (Å²) >= 11 is 1.69. The van der Waals surface area contributed by atoms with Crippen molar-refractivity contribution in [2.75, 3.05) is 0 Å². The van der Waals surface area contributed by atoms with Crippen molar-refractivity contribution in [2.45, 2.75) is 26.7 Å². The van der Waals surface area contributed by atoms with E-state index in [1.807, 2.05) is 12.1 Å². The third-order valence-corrected chi connectivity index (χ3v) is 3.93. The van der Waals surface area contributed by atoms with Gasteiger partial charge < -0.3 is 5.11 Å². The molecule has 0 aliphatic rings. The number of aliphatic carboxylic acids is 1. The van der Waals surface area contributed by atoms with E-state index in [4.69, 9.17) is 5.11 Å². The van der Waals surface area contributed by atoms with E-state index in [1.165, 1.54) is 0 Å². The molecular formula is C13H15NO2S. The van der Waals surface area contributed by atoms with Crippen LogP contribution in [0, 0.1) is 5.92 Å². The number of nitrogens with zero attached hydrogens (tertiary/aromatic N) is 1. The fourth-order valence-corrected chi connectivity index (χ4v) is 2.71. The Balaban J connectivity index is 2.27. The van der Waals surface area contributed by atoms with Crippen molar-refractivity contribution < 1.29 is 9.90 Å². The van der Waals surface area contributed by atoms with Crippen LogP contribution in [-0.2, 0) is 17.6 Å². The predicted octanol–water partition coefficient (Wildman–Crippen LogP) is 3.12. The molecule has 0 fully saturated rings. The number of fused-ring (bicyclic) bond motifs is 1. The molecule has 1 N–H and O–H groups in total. The van der Waals surface area contributed by atoms with Gasteiger partial charge in [-0.2, -0.15) is 0 Å². The lowest BCUT2D eigenvalue weighted by Crippen LogP contribution is -2.12. The monoisotopic (exact) mass is 249 g/mol. The first-order valence-electron chi connectivity index (χ1n) is 5.71. The Bertz CT molecular complexity index is 547. The largest absolute Gasteiger partial charge is 0.481 e. The number of thiazole rings is 1. The summed E-state index contributed by atoms with van der Waals surface area (Å²) in [5.41, 5.74) is 2.08. The van der Waals surface area contributed by atoms with Crippen molar-refractivity contribution in [1.82, 2.24) is 4.98 Å². The molecule has 0 saturated carbocycles. The van der Waals surface area contributed by atoms with Gasteiger partial charge in [0.1, 0.15) is 0 Å². The molecule has 90 valence electrons. The molecule has 2 aromatic rings. The van der Waals surface area contributed by atoms with E-state index in [0.29, 0.717) is 6.42 Å². The minimum atomic E-state index is -0.747. The summed E-state index contributed by atoms with van der Waals surface area (Å²) in [6.07, 6.45) is 1.52. The van der Waals surface area contributed by atoms with Crippen molar-refractivity contribution in [1.29, 1.82) is 0 Å². The number of carboxylic acids is 1. The molecule has 1 aromatic carbocycles. The Hall–Kier alpha value is -1.42. The number of hydrogen-bond acceptors (Lipinski definition) is 3. The Morgan fingerprint density at radius 1 is 1.53 bits per heavy atom. The Labute approximate surface area is 104 Å². The van der Waals surface area contributed by atoms with E-state index in [2.05, 4.69) is 18.0 Å². The highest BCUT2D eigenvalue weighted by atomic mass is 32.1. The van der Waals surface area contributed by atoms with Crippen molar-refractivity contribution in [3.8, 4) is 0 Å².